The maximum absolute atomic E-state index is 11.3. The van der Waals surface area contributed by atoms with Crippen molar-refractivity contribution in [1.82, 2.24) is 4.98 Å². The zero-order chi connectivity index (χ0) is 11.4. The Morgan fingerprint density at radius 3 is 3.12 bits per heavy atom. The molecule has 0 aliphatic carbocycles. The van der Waals surface area contributed by atoms with Crippen LogP contribution in [-0.4, -0.2) is 37.4 Å². The lowest BCUT2D eigenvalue weighted by Crippen LogP contribution is -2.16. The number of aromatic nitrogens is 1. The van der Waals surface area contributed by atoms with Crippen LogP contribution in [0, 0.1) is 0 Å². The first-order chi connectivity index (χ1) is 7.79. The van der Waals surface area contributed by atoms with Crippen molar-refractivity contribution in [3.63, 3.8) is 0 Å². The third kappa shape index (κ3) is 2.49. The second-order valence-corrected chi connectivity index (χ2v) is 3.50. The molecule has 0 radical (unpaired) electrons. The van der Waals surface area contributed by atoms with E-state index in [0.717, 1.165) is 13.0 Å². The summed E-state index contributed by atoms with van der Waals surface area (Å²) in [5.74, 6) is 0.152. The number of nitrogens with zero attached hydrogens (tertiary/aromatic N) is 1. The quantitative estimate of drug-likeness (QED) is 0.716. The number of methoxy groups -OCH3 is 1. The topological polar surface area (TPSA) is 57.7 Å². The van der Waals surface area contributed by atoms with E-state index in [1.54, 1.807) is 12.3 Å². The Kier molecular flexibility index (Phi) is 3.36. The fourth-order valence-electron chi connectivity index (χ4n) is 1.51. The van der Waals surface area contributed by atoms with E-state index in [4.69, 9.17) is 9.47 Å². The standard InChI is InChI=1S/C11H13NO4/c1-14-11(13)8-4-10(6-12-5-8)16-9-2-3-15-7-9/h4-6,9H,2-3,7H2,1H3/t9-/m0/s1. The summed E-state index contributed by atoms with van der Waals surface area (Å²) >= 11 is 0. The SMILES string of the molecule is COC(=O)c1cncc(O[C@H]2CCOC2)c1. The highest BCUT2D eigenvalue weighted by Gasteiger charge is 2.18. The zero-order valence-corrected chi connectivity index (χ0v) is 9.01. The van der Waals surface area contributed by atoms with Crippen LogP contribution in [0.15, 0.2) is 18.5 Å². The van der Waals surface area contributed by atoms with Crippen LogP contribution in [0.3, 0.4) is 0 Å². The molecule has 1 aliphatic rings. The van der Waals surface area contributed by atoms with Gasteiger partial charge in [0.15, 0.2) is 0 Å². The van der Waals surface area contributed by atoms with Crippen LogP contribution in [0.1, 0.15) is 16.8 Å². The summed E-state index contributed by atoms with van der Waals surface area (Å²) in [4.78, 5) is 15.2. The van der Waals surface area contributed by atoms with Crippen molar-refractivity contribution in [1.29, 1.82) is 0 Å². The predicted octanol–water partition coefficient (Wildman–Crippen LogP) is 1.04. The molecule has 1 aromatic rings. The van der Waals surface area contributed by atoms with Crippen LogP contribution in [0.2, 0.25) is 0 Å². The van der Waals surface area contributed by atoms with Crippen molar-refractivity contribution < 1.29 is 19.0 Å². The smallest absolute Gasteiger partial charge is 0.339 e. The molecule has 0 bridgehead atoms. The van der Waals surface area contributed by atoms with Gasteiger partial charge in [-0.3, -0.25) is 4.98 Å². The number of esters is 1. The minimum Gasteiger partial charge on any atom is -0.486 e. The fourth-order valence-corrected chi connectivity index (χ4v) is 1.51. The lowest BCUT2D eigenvalue weighted by atomic mass is 10.2. The van der Waals surface area contributed by atoms with Crippen molar-refractivity contribution >= 4 is 5.97 Å². The van der Waals surface area contributed by atoms with Crippen molar-refractivity contribution in [2.45, 2.75) is 12.5 Å². The van der Waals surface area contributed by atoms with E-state index < -0.39 is 5.97 Å². The van der Waals surface area contributed by atoms with Gasteiger partial charge in [0.05, 0.1) is 32.1 Å². The van der Waals surface area contributed by atoms with Gasteiger partial charge in [0.1, 0.15) is 11.9 Å². The number of carbonyl (C=O) groups excluding carboxylic acids is 1. The number of pyridine rings is 1. The van der Waals surface area contributed by atoms with E-state index in [1.807, 2.05) is 0 Å². The molecule has 2 rings (SSSR count). The normalized spacial score (nSPS) is 19.4. The summed E-state index contributed by atoms with van der Waals surface area (Å²) in [5, 5.41) is 0. The van der Waals surface area contributed by atoms with E-state index in [1.165, 1.54) is 13.3 Å². The van der Waals surface area contributed by atoms with E-state index in [-0.39, 0.29) is 6.10 Å². The molecule has 0 saturated carbocycles. The van der Waals surface area contributed by atoms with Gasteiger partial charge in [-0.05, 0) is 6.07 Å². The third-order valence-corrected chi connectivity index (χ3v) is 2.32. The minimum atomic E-state index is -0.416. The Bertz CT molecular complexity index is 374. The largest absolute Gasteiger partial charge is 0.486 e. The van der Waals surface area contributed by atoms with Gasteiger partial charge >= 0.3 is 5.97 Å². The van der Waals surface area contributed by atoms with Crippen LogP contribution >= 0.6 is 0 Å². The average molecular weight is 223 g/mol. The fraction of sp³-hybridized carbons (Fsp3) is 0.455. The molecule has 5 nitrogen and oxygen atoms in total. The minimum absolute atomic E-state index is 0.0506. The van der Waals surface area contributed by atoms with Gasteiger partial charge in [0, 0.05) is 12.6 Å². The van der Waals surface area contributed by atoms with E-state index in [2.05, 4.69) is 9.72 Å². The molecule has 1 fully saturated rings. The first-order valence-corrected chi connectivity index (χ1v) is 5.07. The van der Waals surface area contributed by atoms with E-state index in [0.29, 0.717) is 17.9 Å². The van der Waals surface area contributed by atoms with Gasteiger partial charge < -0.3 is 14.2 Å². The highest BCUT2D eigenvalue weighted by atomic mass is 16.5. The molecule has 2 heterocycles. The predicted molar refractivity (Wildman–Crippen MR) is 55.4 cm³/mol. The molecule has 1 aliphatic heterocycles. The lowest BCUT2D eigenvalue weighted by molar-refractivity contribution is 0.0599. The average Bonchev–Trinajstić information content (AvgIpc) is 2.81. The Balaban J connectivity index is 2.06. The molecular formula is C11H13NO4. The first-order valence-electron chi connectivity index (χ1n) is 5.07. The van der Waals surface area contributed by atoms with Crippen LogP contribution < -0.4 is 4.74 Å². The summed E-state index contributed by atoms with van der Waals surface area (Å²) in [6.07, 6.45) is 3.94. The highest BCUT2D eigenvalue weighted by molar-refractivity contribution is 5.89. The second kappa shape index (κ2) is 4.94. The summed E-state index contributed by atoms with van der Waals surface area (Å²) < 4.78 is 15.4. The molecular weight excluding hydrogens is 210 g/mol. The Morgan fingerprint density at radius 1 is 1.56 bits per heavy atom. The van der Waals surface area contributed by atoms with Crippen molar-refractivity contribution in [3.8, 4) is 5.75 Å². The molecule has 86 valence electrons. The number of hydrogen-bond acceptors (Lipinski definition) is 5. The Morgan fingerprint density at radius 2 is 2.44 bits per heavy atom. The van der Waals surface area contributed by atoms with Gasteiger partial charge in [-0.25, -0.2) is 4.79 Å². The van der Waals surface area contributed by atoms with Crippen molar-refractivity contribution in [2.75, 3.05) is 20.3 Å². The maximum atomic E-state index is 11.3. The molecule has 0 spiro atoms. The van der Waals surface area contributed by atoms with Gasteiger partial charge in [0.2, 0.25) is 0 Å². The molecule has 16 heavy (non-hydrogen) atoms. The summed E-state index contributed by atoms with van der Waals surface area (Å²) in [6, 6.07) is 1.62. The number of rotatable bonds is 3. The van der Waals surface area contributed by atoms with E-state index >= 15 is 0 Å². The van der Waals surface area contributed by atoms with E-state index in [9.17, 15) is 4.79 Å². The molecule has 1 atom stereocenters. The Labute approximate surface area is 93.3 Å². The number of hydrogen-bond donors (Lipinski definition) is 0. The third-order valence-electron chi connectivity index (χ3n) is 2.32. The maximum Gasteiger partial charge on any atom is 0.339 e. The monoisotopic (exact) mass is 223 g/mol. The molecule has 1 aromatic heterocycles. The zero-order valence-electron chi connectivity index (χ0n) is 9.01. The lowest BCUT2D eigenvalue weighted by Gasteiger charge is -2.11. The number of ether oxygens (including phenoxy) is 3. The van der Waals surface area contributed by atoms with Crippen LogP contribution in [0.4, 0.5) is 0 Å². The van der Waals surface area contributed by atoms with Crippen molar-refractivity contribution in [2.24, 2.45) is 0 Å². The molecule has 0 N–H and O–H groups in total. The van der Waals surface area contributed by atoms with Gasteiger partial charge in [-0.1, -0.05) is 0 Å². The first kappa shape index (κ1) is 10.9. The van der Waals surface area contributed by atoms with Crippen LogP contribution in [0.5, 0.6) is 5.75 Å². The second-order valence-electron chi connectivity index (χ2n) is 3.50. The van der Waals surface area contributed by atoms with Crippen LogP contribution in [-0.2, 0) is 9.47 Å². The van der Waals surface area contributed by atoms with Gasteiger partial charge in [-0.2, -0.15) is 0 Å². The van der Waals surface area contributed by atoms with Crippen LogP contribution in [0.25, 0.3) is 0 Å². The summed E-state index contributed by atoms with van der Waals surface area (Å²) in [6.45, 7) is 1.30. The molecule has 5 heteroatoms. The Hall–Kier alpha value is -1.62. The highest BCUT2D eigenvalue weighted by Crippen LogP contribution is 2.17. The van der Waals surface area contributed by atoms with Crippen molar-refractivity contribution in [3.05, 3.63) is 24.0 Å². The van der Waals surface area contributed by atoms with Gasteiger partial charge in [-0.15, -0.1) is 0 Å². The summed E-state index contributed by atoms with van der Waals surface area (Å²) in [5.41, 5.74) is 0.388. The summed E-state index contributed by atoms with van der Waals surface area (Å²) in [7, 11) is 1.33. The van der Waals surface area contributed by atoms with Gasteiger partial charge in [0.25, 0.3) is 0 Å². The molecule has 1 saturated heterocycles. The number of carbonyl (C=O) groups is 1. The molecule has 0 amide bonds. The molecule has 0 unspecified atom stereocenters. The molecule has 0 aromatic carbocycles.